The minimum Gasteiger partial charge on any atom is -0.492 e. The van der Waals surface area contributed by atoms with Crippen LogP contribution in [0.1, 0.15) is 87.7 Å². The minimum atomic E-state index is -0.620. The SMILES string of the molecule is Cc1ccc(C(=O)N=C2Cc3ccc(OCCN4CCC(C(C)(C)O)CC4)cc3N2C2CCC(C(=O)NC(C)C)CC2)cc1. The van der Waals surface area contributed by atoms with Gasteiger partial charge in [0, 0.05) is 48.3 Å². The van der Waals surface area contributed by atoms with Crippen LogP contribution in [0, 0.1) is 18.8 Å². The molecular formula is C36H50N4O4. The Kier molecular flexibility index (Phi) is 10.1. The zero-order chi connectivity index (χ0) is 31.4. The van der Waals surface area contributed by atoms with Crippen LogP contribution in [0.15, 0.2) is 47.5 Å². The van der Waals surface area contributed by atoms with Crippen LogP contribution in [0.5, 0.6) is 5.75 Å². The molecule has 0 radical (unpaired) electrons. The van der Waals surface area contributed by atoms with Gasteiger partial charge in [-0.3, -0.25) is 14.5 Å². The van der Waals surface area contributed by atoms with Crippen molar-refractivity contribution in [1.82, 2.24) is 10.2 Å². The standard InChI is InChI=1S/C36H50N4O4/c1-24(2)37-34(41)27-10-13-30(14-11-27)40-32-23-31(44-21-20-39-18-16-29(17-19-39)36(4,5)43)15-12-28(32)22-33(40)38-35(42)26-8-6-25(3)7-9-26/h6-9,12,15,23-24,27,29-30,43H,10-11,13-14,16-22H2,1-5H3,(H,37,41). The highest BCUT2D eigenvalue weighted by Crippen LogP contribution is 2.39. The van der Waals surface area contributed by atoms with Crippen LogP contribution in [0.25, 0.3) is 0 Å². The number of fused-ring (bicyclic) bond motifs is 1. The summed E-state index contributed by atoms with van der Waals surface area (Å²) >= 11 is 0. The number of anilines is 1. The molecule has 2 fully saturated rings. The lowest BCUT2D eigenvalue weighted by Gasteiger charge is -2.37. The van der Waals surface area contributed by atoms with E-state index >= 15 is 0 Å². The van der Waals surface area contributed by atoms with Crippen molar-refractivity contribution in [3.63, 3.8) is 0 Å². The zero-order valence-electron chi connectivity index (χ0n) is 27.1. The Morgan fingerprint density at radius 3 is 2.34 bits per heavy atom. The summed E-state index contributed by atoms with van der Waals surface area (Å²) < 4.78 is 6.27. The Morgan fingerprint density at radius 2 is 1.70 bits per heavy atom. The fraction of sp³-hybridized carbons (Fsp3) is 0.583. The second-order valence-corrected chi connectivity index (χ2v) is 13.8. The predicted molar refractivity (Wildman–Crippen MR) is 176 cm³/mol. The maximum atomic E-state index is 13.3. The number of aryl methyl sites for hydroxylation is 1. The number of benzene rings is 2. The molecule has 2 aromatic carbocycles. The number of hydrogen-bond donors (Lipinski definition) is 2. The van der Waals surface area contributed by atoms with Crippen LogP contribution < -0.4 is 15.0 Å². The highest BCUT2D eigenvalue weighted by Gasteiger charge is 2.36. The molecule has 3 aliphatic rings. The van der Waals surface area contributed by atoms with E-state index in [2.05, 4.69) is 32.2 Å². The molecule has 8 nitrogen and oxygen atoms in total. The Morgan fingerprint density at radius 1 is 1.02 bits per heavy atom. The van der Waals surface area contributed by atoms with Crippen LogP contribution in [0.4, 0.5) is 5.69 Å². The fourth-order valence-electron chi connectivity index (χ4n) is 6.93. The maximum Gasteiger partial charge on any atom is 0.278 e. The molecule has 0 unspecified atom stereocenters. The van der Waals surface area contributed by atoms with Gasteiger partial charge in [0.15, 0.2) is 0 Å². The summed E-state index contributed by atoms with van der Waals surface area (Å²) in [4.78, 5) is 35.3. The summed E-state index contributed by atoms with van der Waals surface area (Å²) in [5.41, 5.74) is 3.27. The Hall–Kier alpha value is -3.23. The predicted octanol–water partition coefficient (Wildman–Crippen LogP) is 5.54. The molecule has 5 rings (SSSR count). The number of aliphatic imine (C=N–C) groups is 1. The van der Waals surface area contributed by atoms with Crippen LogP contribution in [0.3, 0.4) is 0 Å². The molecule has 8 heteroatoms. The highest BCUT2D eigenvalue weighted by atomic mass is 16.5. The van der Waals surface area contributed by atoms with Crippen LogP contribution >= 0.6 is 0 Å². The van der Waals surface area contributed by atoms with Gasteiger partial charge < -0.3 is 20.1 Å². The van der Waals surface area contributed by atoms with E-state index in [4.69, 9.17) is 4.74 Å². The first kappa shape index (κ1) is 32.2. The molecule has 2 aromatic rings. The van der Waals surface area contributed by atoms with Gasteiger partial charge in [0.05, 0.1) is 5.60 Å². The van der Waals surface area contributed by atoms with Gasteiger partial charge in [0.25, 0.3) is 5.91 Å². The molecule has 44 heavy (non-hydrogen) atoms. The van der Waals surface area contributed by atoms with Gasteiger partial charge in [-0.05, 0) is 116 Å². The number of amidine groups is 1. The van der Waals surface area contributed by atoms with Crippen molar-refractivity contribution in [2.45, 2.75) is 97.2 Å². The number of rotatable bonds is 9. The van der Waals surface area contributed by atoms with E-state index in [1.807, 2.05) is 65.0 Å². The van der Waals surface area contributed by atoms with E-state index < -0.39 is 5.60 Å². The number of amides is 2. The normalized spacial score (nSPS) is 22.3. The Bertz CT molecular complexity index is 1330. The maximum absolute atomic E-state index is 13.3. The molecule has 2 heterocycles. The third kappa shape index (κ3) is 7.88. The first-order valence-corrected chi connectivity index (χ1v) is 16.5. The summed E-state index contributed by atoms with van der Waals surface area (Å²) in [6.45, 7) is 13.2. The summed E-state index contributed by atoms with van der Waals surface area (Å²) in [7, 11) is 0. The first-order valence-electron chi connectivity index (χ1n) is 16.5. The Labute approximate surface area is 262 Å². The Balaban J connectivity index is 1.29. The average molecular weight is 603 g/mol. The second kappa shape index (κ2) is 13.8. The molecule has 1 aliphatic carbocycles. The van der Waals surface area contributed by atoms with Crippen molar-refractivity contribution in [3.05, 3.63) is 59.2 Å². The van der Waals surface area contributed by atoms with E-state index in [1.165, 1.54) is 0 Å². The van der Waals surface area contributed by atoms with E-state index in [1.54, 1.807) is 0 Å². The first-order chi connectivity index (χ1) is 21.0. The number of aliphatic hydroxyl groups is 1. The van der Waals surface area contributed by atoms with Gasteiger partial charge in [-0.2, -0.15) is 4.99 Å². The lowest BCUT2D eigenvalue weighted by molar-refractivity contribution is -0.126. The van der Waals surface area contributed by atoms with Crippen molar-refractivity contribution in [1.29, 1.82) is 0 Å². The van der Waals surface area contributed by atoms with Crippen molar-refractivity contribution in [2.24, 2.45) is 16.8 Å². The number of hydrogen-bond acceptors (Lipinski definition) is 5. The van der Waals surface area contributed by atoms with Gasteiger partial charge in [-0.15, -0.1) is 0 Å². The largest absolute Gasteiger partial charge is 0.492 e. The smallest absolute Gasteiger partial charge is 0.278 e. The van der Waals surface area contributed by atoms with Gasteiger partial charge in [-0.25, -0.2) is 0 Å². The zero-order valence-corrected chi connectivity index (χ0v) is 27.1. The number of carbonyl (C=O) groups is 2. The lowest BCUT2D eigenvalue weighted by Crippen LogP contribution is -2.44. The number of likely N-dealkylation sites (tertiary alicyclic amines) is 1. The number of piperidine rings is 1. The molecule has 238 valence electrons. The molecule has 0 spiro atoms. The molecule has 0 bridgehead atoms. The van der Waals surface area contributed by atoms with Crippen LogP contribution in [-0.4, -0.2) is 71.6 Å². The van der Waals surface area contributed by atoms with Gasteiger partial charge in [0.2, 0.25) is 5.91 Å². The lowest BCUT2D eigenvalue weighted by atomic mass is 9.83. The molecule has 0 atom stereocenters. The summed E-state index contributed by atoms with van der Waals surface area (Å²) in [6.07, 6.45) is 5.95. The third-order valence-electron chi connectivity index (χ3n) is 9.60. The topological polar surface area (TPSA) is 94.5 Å². The third-order valence-corrected chi connectivity index (χ3v) is 9.60. The quantitative estimate of drug-likeness (QED) is 0.392. The van der Waals surface area contributed by atoms with Crippen LogP contribution in [0.2, 0.25) is 0 Å². The molecule has 2 aliphatic heterocycles. The second-order valence-electron chi connectivity index (χ2n) is 13.8. The van der Waals surface area contributed by atoms with Crippen molar-refractivity contribution < 1.29 is 19.4 Å². The highest BCUT2D eigenvalue weighted by molar-refractivity contribution is 6.12. The summed E-state index contributed by atoms with van der Waals surface area (Å²) in [6, 6.07) is 14.1. The molecule has 1 saturated heterocycles. The number of nitrogens with zero attached hydrogens (tertiary/aromatic N) is 3. The minimum absolute atomic E-state index is 0.0217. The van der Waals surface area contributed by atoms with E-state index in [0.29, 0.717) is 24.5 Å². The number of carbonyl (C=O) groups excluding carboxylic acids is 2. The van der Waals surface area contributed by atoms with Crippen molar-refractivity contribution >= 4 is 23.3 Å². The number of nitrogens with one attached hydrogen (secondary N) is 1. The van der Waals surface area contributed by atoms with E-state index in [0.717, 1.165) is 86.6 Å². The van der Waals surface area contributed by atoms with Gasteiger partial charge >= 0.3 is 0 Å². The average Bonchev–Trinajstić information content (AvgIpc) is 3.34. The molecule has 0 aromatic heterocycles. The van der Waals surface area contributed by atoms with Gasteiger partial charge in [0.1, 0.15) is 18.2 Å². The monoisotopic (exact) mass is 602 g/mol. The fourth-order valence-corrected chi connectivity index (χ4v) is 6.93. The van der Waals surface area contributed by atoms with E-state index in [9.17, 15) is 14.7 Å². The molecule has 1 saturated carbocycles. The summed E-state index contributed by atoms with van der Waals surface area (Å²) in [5.74, 6) is 1.87. The van der Waals surface area contributed by atoms with Crippen LogP contribution in [-0.2, 0) is 11.2 Å². The van der Waals surface area contributed by atoms with Crippen molar-refractivity contribution in [2.75, 3.05) is 31.1 Å². The molecule has 2 amide bonds. The molecule has 2 N–H and O–H groups in total. The molecular weight excluding hydrogens is 552 g/mol. The number of ether oxygens (including phenoxy) is 1. The van der Waals surface area contributed by atoms with Crippen molar-refractivity contribution in [3.8, 4) is 5.75 Å². The summed E-state index contributed by atoms with van der Waals surface area (Å²) in [5, 5.41) is 13.4. The van der Waals surface area contributed by atoms with E-state index in [-0.39, 0.29) is 29.8 Å². The van der Waals surface area contributed by atoms with Gasteiger partial charge in [-0.1, -0.05) is 23.8 Å².